The Kier molecular flexibility index (Phi) is 12.3. The Morgan fingerprint density at radius 1 is 0.639 bits per heavy atom. The van der Waals surface area contributed by atoms with E-state index in [0.29, 0.717) is 32.7 Å². The molecule has 36 heavy (non-hydrogen) atoms. The van der Waals surface area contributed by atoms with Crippen LogP contribution in [0.3, 0.4) is 0 Å². The molecular weight excluding hydrogens is 464 g/mol. The van der Waals surface area contributed by atoms with E-state index < -0.39 is 17.5 Å². The van der Waals surface area contributed by atoms with Gasteiger partial charge in [-0.05, 0) is 23.3 Å². The van der Waals surface area contributed by atoms with Gasteiger partial charge >= 0.3 is 11.9 Å². The van der Waals surface area contributed by atoms with Gasteiger partial charge in [0.05, 0.1) is 49.8 Å². The summed E-state index contributed by atoms with van der Waals surface area (Å²) in [6, 6.07) is 25.4. The van der Waals surface area contributed by atoms with Crippen LogP contribution < -0.4 is 0 Å². The number of hydrogen-bond donors (Lipinski definition) is 4. The summed E-state index contributed by atoms with van der Waals surface area (Å²) in [5.74, 6) is -2.46. The Bertz CT molecular complexity index is 979. The van der Waals surface area contributed by atoms with Crippen molar-refractivity contribution < 1.29 is 39.5 Å². The van der Waals surface area contributed by atoms with Crippen molar-refractivity contribution in [3.05, 3.63) is 107 Å². The predicted molar refractivity (Wildman–Crippen MR) is 134 cm³/mol. The maximum atomic E-state index is 11.1. The van der Waals surface area contributed by atoms with Gasteiger partial charge < -0.3 is 29.9 Å². The molecule has 3 aromatic rings. The van der Waals surface area contributed by atoms with Crippen LogP contribution in [0.25, 0.3) is 0 Å². The first-order valence-corrected chi connectivity index (χ1v) is 11.5. The van der Waals surface area contributed by atoms with Crippen molar-refractivity contribution >= 4 is 11.9 Å². The van der Waals surface area contributed by atoms with Crippen LogP contribution in [-0.4, -0.2) is 71.0 Å². The second kappa shape index (κ2) is 15.4. The fraction of sp³-hybridized carbons (Fsp3) is 0.286. The van der Waals surface area contributed by atoms with E-state index in [0.717, 1.165) is 11.1 Å². The molecule has 0 bridgehead atoms. The SMILES string of the molecule is O=C(O)c1ccccc1C(=O)O.OCCOCCOCC(O)(Cc1ccccc1)Cc1ccccc1. The molecule has 0 aromatic heterocycles. The molecule has 0 atom stereocenters. The monoisotopic (exact) mass is 496 g/mol. The molecule has 3 rings (SSSR count). The Labute approximate surface area is 210 Å². The second-order valence-electron chi connectivity index (χ2n) is 8.09. The molecule has 3 aromatic carbocycles. The van der Waals surface area contributed by atoms with Gasteiger partial charge in [-0.2, -0.15) is 0 Å². The van der Waals surface area contributed by atoms with E-state index >= 15 is 0 Å². The molecule has 0 aliphatic carbocycles. The standard InChI is InChI=1S/C20H26O4.C8H6O4/c21-11-12-23-13-14-24-17-20(22,15-18-7-3-1-4-8-18)16-19-9-5-2-6-10-19;9-7(10)5-3-1-2-4-6(5)8(11)12/h1-10,21-22H,11-17H2;1-4H,(H,9,10)(H,11,12). The zero-order valence-electron chi connectivity index (χ0n) is 20.0. The summed E-state index contributed by atoms with van der Waals surface area (Å²) in [4.78, 5) is 20.9. The van der Waals surface area contributed by atoms with Gasteiger partial charge in [-0.1, -0.05) is 72.8 Å². The number of carboxylic acids is 2. The van der Waals surface area contributed by atoms with Crippen molar-refractivity contribution in [3.8, 4) is 0 Å². The van der Waals surface area contributed by atoms with E-state index in [2.05, 4.69) is 0 Å². The molecule has 8 heteroatoms. The van der Waals surface area contributed by atoms with Crippen LogP contribution in [0.1, 0.15) is 31.8 Å². The number of ether oxygens (including phenoxy) is 2. The van der Waals surface area contributed by atoms with Crippen LogP contribution in [-0.2, 0) is 22.3 Å². The number of aliphatic hydroxyl groups is 2. The fourth-order valence-electron chi connectivity index (χ4n) is 3.52. The first-order valence-electron chi connectivity index (χ1n) is 11.5. The molecule has 0 fully saturated rings. The van der Waals surface area contributed by atoms with Crippen molar-refractivity contribution in [2.75, 3.05) is 33.0 Å². The minimum atomic E-state index is -1.23. The molecule has 0 amide bonds. The van der Waals surface area contributed by atoms with E-state index in [-0.39, 0.29) is 24.3 Å². The Balaban J connectivity index is 0.000000319. The Morgan fingerprint density at radius 3 is 1.47 bits per heavy atom. The number of hydrogen-bond acceptors (Lipinski definition) is 6. The highest BCUT2D eigenvalue weighted by atomic mass is 16.5. The summed E-state index contributed by atoms with van der Waals surface area (Å²) in [6.45, 7) is 1.35. The second-order valence-corrected chi connectivity index (χ2v) is 8.09. The zero-order valence-corrected chi connectivity index (χ0v) is 20.0. The van der Waals surface area contributed by atoms with Gasteiger partial charge in [-0.25, -0.2) is 9.59 Å². The van der Waals surface area contributed by atoms with Gasteiger partial charge in [0.2, 0.25) is 0 Å². The number of aliphatic hydroxyl groups excluding tert-OH is 1. The summed E-state index contributed by atoms with van der Waals surface area (Å²) in [5.41, 5.74) is 0.807. The van der Waals surface area contributed by atoms with E-state index in [1.165, 1.54) is 24.3 Å². The first kappa shape index (κ1) is 28.7. The average molecular weight is 497 g/mol. The highest BCUT2D eigenvalue weighted by molar-refractivity contribution is 6.01. The van der Waals surface area contributed by atoms with Gasteiger partial charge in [0, 0.05) is 12.8 Å². The van der Waals surface area contributed by atoms with Gasteiger partial charge in [0.1, 0.15) is 0 Å². The number of aromatic carboxylic acids is 2. The summed E-state index contributed by atoms with van der Waals surface area (Å²) in [6.07, 6.45) is 1.06. The number of carboxylic acid groups (broad SMARTS) is 2. The van der Waals surface area contributed by atoms with Gasteiger partial charge in [0.15, 0.2) is 0 Å². The van der Waals surface area contributed by atoms with E-state index in [1.807, 2.05) is 60.7 Å². The van der Waals surface area contributed by atoms with E-state index in [4.69, 9.17) is 24.8 Å². The third-order valence-corrected chi connectivity index (χ3v) is 5.12. The van der Waals surface area contributed by atoms with E-state index in [9.17, 15) is 14.7 Å². The van der Waals surface area contributed by atoms with Crippen LogP contribution in [0, 0.1) is 0 Å². The quantitative estimate of drug-likeness (QED) is 0.265. The van der Waals surface area contributed by atoms with Crippen LogP contribution >= 0.6 is 0 Å². The number of benzene rings is 3. The van der Waals surface area contributed by atoms with Gasteiger partial charge in [-0.15, -0.1) is 0 Å². The number of rotatable bonds is 13. The molecule has 0 aliphatic rings. The summed E-state index contributed by atoms with van der Waals surface area (Å²) >= 11 is 0. The highest BCUT2D eigenvalue weighted by Gasteiger charge is 2.28. The van der Waals surface area contributed by atoms with Gasteiger partial charge in [-0.3, -0.25) is 0 Å². The maximum absolute atomic E-state index is 11.1. The lowest BCUT2D eigenvalue weighted by Gasteiger charge is -2.28. The smallest absolute Gasteiger partial charge is 0.336 e. The Hall–Kier alpha value is -3.56. The molecule has 192 valence electrons. The van der Waals surface area contributed by atoms with Crippen molar-refractivity contribution in [2.45, 2.75) is 18.4 Å². The van der Waals surface area contributed by atoms with Crippen LogP contribution in [0.4, 0.5) is 0 Å². The Morgan fingerprint density at radius 2 is 1.06 bits per heavy atom. The molecule has 0 heterocycles. The largest absolute Gasteiger partial charge is 0.478 e. The third-order valence-electron chi connectivity index (χ3n) is 5.12. The fourth-order valence-corrected chi connectivity index (χ4v) is 3.52. The molecular formula is C28H32O8. The minimum Gasteiger partial charge on any atom is -0.478 e. The topological polar surface area (TPSA) is 134 Å². The predicted octanol–water partition coefficient (Wildman–Crippen LogP) is 3.31. The third kappa shape index (κ3) is 10.4. The molecule has 4 N–H and O–H groups in total. The first-order chi connectivity index (χ1) is 17.3. The maximum Gasteiger partial charge on any atom is 0.336 e. The molecule has 0 spiro atoms. The number of carbonyl (C=O) groups is 2. The van der Waals surface area contributed by atoms with Crippen molar-refractivity contribution in [3.63, 3.8) is 0 Å². The summed E-state index contributed by atoms with van der Waals surface area (Å²) in [5, 5.41) is 36.9. The molecule has 0 radical (unpaired) electrons. The van der Waals surface area contributed by atoms with Crippen LogP contribution in [0.15, 0.2) is 84.9 Å². The molecule has 0 saturated heterocycles. The average Bonchev–Trinajstić information content (AvgIpc) is 2.87. The molecule has 0 aliphatic heterocycles. The molecule has 0 saturated carbocycles. The van der Waals surface area contributed by atoms with E-state index in [1.54, 1.807) is 0 Å². The van der Waals surface area contributed by atoms with Crippen molar-refractivity contribution in [1.82, 2.24) is 0 Å². The molecule has 8 nitrogen and oxygen atoms in total. The van der Waals surface area contributed by atoms with Crippen LogP contribution in [0.5, 0.6) is 0 Å². The summed E-state index contributed by atoms with van der Waals surface area (Å²) < 4.78 is 10.8. The normalized spacial score (nSPS) is 10.8. The lowest BCUT2D eigenvalue weighted by Crippen LogP contribution is -2.40. The summed E-state index contributed by atoms with van der Waals surface area (Å²) in [7, 11) is 0. The lowest BCUT2D eigenvalue weighted by molar-refractivity contribution is -0.0591. The zero-order chi connectivity index (χ0) is 26.2. The van der Waals surface area contributed by atoms with Crippen molar-refractivity contribution in [2.24, 2.45) is 0 Å². The van der Waals surface area contributed by atoms with Gasteiger partial charge in [0.25, 0.3) is 0 Å². The van der Waals surface area contributed by atoms with Crippen LogP contribution in [0.2, 0.25) is 0 Å². The lowest BCUT2D eigenvalue weighted by atomic mass is 9.88. The highest BCUT2D eigenvalue weighted by Crippen LogP contribution is 2.20. The van der Waals surface area contributed by atoms with Crippen molar-refractivity contribution in [1.29, 1.82) is 0 Å². The molecule has 0 unspecified atom stereocenters. The minimum absolute atomic E-state index is 0.00590.